The standard InChI is InChI=1S/C22H34N2O4/c1-22(2,3)17-6-4-5-7-20(17)28-16-21(26)24-10-8-18(19(25)9-11-24)23-12-14-27-15-13-23/h4-7,18-19,25H,8-16H2,1-3H3/t18-,19-/m0/s1. The minimum atomic E-state index is -0.404. The number of nitrogens with zero attached hydrogens (tertiary/aromatic N) is 2. The maximum Gasteiger partial charge on any atom is 0.260 e. The first-order valence-electron chi connectivity index (χ1n) is 10.4. The molecule has 1 aromatic carbocycles. The summed E-state index contributed by atoms with van der Waals surface area (Å²) < 4.78 is 11.3. The highest BCUT2D eigenvalue weighted by Gasteiger charge is 2.32. The molecule has 0 bridgehead atoms. The third-order valence-corrected chi connectivity index (χ3v) is 5.75. The molecule has 2 atom stereocenters. The number of likely N-dealkylation sites (tertiary alicyclic amines) is 1. The monoisotopic (exact) mass is 390 g/mol. The van der Waals surface area contributed by atoms with Crippen molar-refractivity contribution < 1.29 is 19.4 Å². The minimum absolute atomic E-state index is 0.0152. The molecule has 0 unspecified atom stereocenters. The Kier molecular flexibility index (Phi) is 6.96. The van der Waals surface area contributed by atoms with Crippen LogP contribution in [0.5, 0.6) is 5.75 Å². The maximum atomic E-state index is 12.8. The van der Waals surface area contributed by atoms with Crippen LogP contribution >= 0.6 is 0 Å². The molecule has 2 aliphatic rings. The Labute approximate surface area is 168 Å². The molecule has 0 saturated carbocycles. The molecule has 0 aliphatic carbocycles. The molecular formula is C22H34N2O4. The maximum absolute atomic E-state index is 12.8. The van der Waals surface area contributed by atoms with Crippen molar-refractivity contribution in [2.75, 3.05) is 46.0 Å². The lowest BCUT2D eigenvalue weighted by atomic mass is 9.86. The van der Waals surface area contributed by atoms with Gasteiger partial charge in [0.25, 0.3) is 5.91 Å². The smallest absolute Gasteiger partial charge is 0.260 e. The van der Waals surface area contributed by atoms with Crippen molar-refractivity contribution in [2.24, 2.45) is 0 Å². The summed E-state index contributed by atoms with van der Waals surface area (Å²) in [6.45, 7) is 10.8. The topological polar surface area (TPSA) is 62.2 Å². The first kappa shape index (κ1) is 21.1. The lowest BCUT2D eigenvalue weighted by molar-refractivity contribution is -0.133. The van der Waals surface area contributed by atoms with Crippen LogP contribution in [0.3, 0.4) is 0 Å². The van der Waals surface area contributed by atoms with E-state index in [1.165, 1.54) is 0 Å². The predicted octanol–water partition coefficient (Wildman–Crippen LogP) is 2.05. The van der Waals surface area contributed by atoms with Crippen LogP contribution in [0.15, 0.2) is 24.3 Å². The molecule has 2 heterocycles. The number of morpholine rings is 1. The van der Waals surface area contributed by atoms with Crippen LogP contribution in [0.2, 0.25) is 0 Å². The number of ether oxygens (including phenoxy) is 2. The van der Waals surface area contributed by atoms with E-state index in [1.807, 2.05) is 23.1 Å². The van der Waals surface area contributed by atoms with Crippen molar-refractivity contribution in [2.45, 2.75) is 51.2 Å². The molecule has 2 aliphatic heterocycles. The normalized spacial score (nSPS) is 24.6. The summed E-state index contributed by atoms with van der Waals surface area (Å²) in [5.74, 6) is 0.753. The molecule has 6 nitrogen and oxygen atoms in total. The molecule has 156 valence electrons. The Morgan fingerprint density at radius 3 is 2.54 bits per heavy atom. The van der Waals surface area contributed by atoms with E-state index in [0.717, 1.165) is 30.8 Å². The zero-order valence-electron chi connectivity index (χ0n) is 17.4. The quantitative estimate of drug-likeness (QED) is 0.853. The summed E-state index contributed by atoms with van der Waals surface area (Å²) in [6, 6.07) is 8.01. The van der Waals surface area contributed by atoms with Crippen LogP contribution in [0.4, 0.5) is 0 Å². The van der Waals surface area contributed by atoms with E-state index in [0.29, 0.717) is 32.7 Å². The van der Waals surface area contributed by atoms with Gasteiger partial charge in [-0.05, 0) is 29.9 Å². The van der Waals surface area contributed by atoms with Gasteiger partial charge in [0.15, 0.2) is 6.61 Å². The lowest BCUT2D eigenvalue weighted by Gasteiger charge is -2.36. The first-order chi connectivity index (χ1) is 13.4. The lowest BCUT2D eigenvalue weighted by Crippen LogP contribution is -2.49. The number of amides is 1. The Balaban J connectivity index is 1.57. The molecule has 6 heteroatoms. The highest BCUT2D eigenvalue weighted by molar-refractivity contribution is 5.77. The average Bonchev–Trinajstić information content (AvgIpc) is 2.88. The predicted molar refractivity (Wildman–Crippen MR) is 109 cm³/mol. The van der Waals surface area contributed by atoms with E-state index in [2.05, 4.69) is 31.7 Å². The van der Waals surface area contributed by atoms with Crippen LogP contribution in [0.25, 0.3) is 0 Å². The number of carbonyl (C=O) groups is 1. The number of aliphatic hydroxyl groups excluding tert-OH is 1. The van der Waals surface area contributed by atoms with Gasteiger partial charge < -0.3 is 19.5 Å². The summed E-state index contributed by atoms with van der Waals surface area (Å²) in [5.41, 5.74) is 1.05. The van der Waals surface area contributed by atoms with Crippen LogP contribution in [0.1, 0.15) is 39.2 Å². The van der Waals surface area contributed by atoms with Gasteiger partial charge in [0.1, 0.15) is 5.75 Å². The third kappa shape index (κ3) is 5.25. The summed E-state index contributed by atoms with van der Waals surface area (Å²) in [5, 5.41) is 10.6. The van der Waals surface area contributed by atoms with Gasteiger partial charge in [0.05, 0.1) is 19.3 Å². The Bertz CT molecular complexity index is 652. The third-order valence-electron chi connectivity index (χ3n) is 5.75. The van der Waals surface area contributed by atoms with E-state index >= 15 is 0 Å². The second kappa shape index (κ2) is 9.25. The van der Waals surface area contributed by atoms with Gasteiger partial charge in [-0.2, -0.15) is 0 Å². The zero-order valence-corrected chi connectivity index (χ0v) is 17.4. The summed E-state index contributed by atoms with van der Waals surface area (Å²) in [7, 11) is 0. The molecule has 1 amide bonds. The number of aliphatic hydroxyl groups is 1. The highest BCUT2D eigenvalue weighted by Crippen LogP contribution is 2.31. The number of para-hydroxylation sites is 1. The summed E-state index contributed by atoms with van der Waals surface area (Å²) in [6.07, 6.45) is 0.983. The fourth-order valence-electron chi connectivity index (χ4n) is 4.10. The molecule has 1 N–H and O–H groups in total. The van der Waals surface area contributed by atoms with Gasteiger partial charge in [-0.3, -0.25) is 9.69 Å². The van der Waals surface area contributed by atoms with Gasteiger partial charge in [0.2, 0.25) is 0 Å². The zero-order chi connectivity index (χ0) is 20.1. The molecular weight excluding hydrogens is 356 g/mol. The molecule has 3 rings (SSSR count). The fraction of sp³-hybridized carbons (Fsp3) is 0.682. The average molecular weight is 391 g/mol. The number of benzene rings is 1. The van der Waals surface area contributed by atoms with Gasteiger partial charge in [-0.25, -0.2) is 0 Å². The van der Waals surface area contributed by atoms with Crippen LogP contribution < -0.4 is 4.74 Å². The van der Waals surface area contributed by atoms with E-state index in [1.54, 1.807) is 0 Å². The molecule has 2 saturated heterocycles. The number of rotatable bonds is 4. The minimum Gasteiger partial charge on any atom is -0.483 e. The summed E-state index contributed by atoms with van der Waals surface area (Å²) in [4.78, 5) is 16.9. The van der Waals surface area contributed by atoms with Crippen molar-refractivity contribution in [1.82, 2.24) is 9.80 Å². The number of hydrogen-bond acceptors (Lipinski definition) is 5. The van der Waals surface area contributed by atoms with Crippen molar-refractivity contribution in [3.8, 4) is 5.75 Å². The van der Waals surface area contributed by atoms with Gasteiger partial charge in [-0.15, -0.1) is 0 Å². The van der Waals surface area contributed by atoms with Gasteiger partial charge >= 0.3 is 0 Å². The van der Waals surface area contributed by atoms with Gasteiger partial charge in [0, 0.05) is 32.2 Å². The van der Waals surface area contributed by atoms with Crippen LogP contribution in [0, 0.1) is 0 Å². The molecule has 0 radical (unpaired) electrons. The van der Waals surface area contributed by atoms with E-state index in [4.69, 9.17) is 9.47 Å². The van der Waals surface area contributed by atoms with Crippen molar-refractivity contribution in [3.63, 3.8) is 0 Å². The number of carbonyl (C=O) groups excluding carboxylic acids is 1. The first-order valence-corrected chi connectivity index (χ1v) is 10.4. The SMILES string of the molecule is CC(C)(C)c1ccccc1OCC(=O)N1CC[C@H](O)[C@@H](N2CCOCC2)CC1. The summed E-state index contributed by atoms with van der Waals surface area (Å²) >= 11 is 0. The van der Waals surface area contributed by atoms with E-state index in [-0.39, 0.29) is 24.0 Å². The molecule has 0 aromatic heterocycles. The Morgan fingerprint density at radius 2 is 1.82 bits per heavy atom. The van der Waals surface area contributed by atoms with Crippen LogP contribution in [-0.2, 0) is 14.9 Å². The second-order valence-corrected chi connectivity index (χ2v) is 8.78. The highest BCUT2D eigenvalue weighted by atomic mass is 16.5. The Morgan fingerprint density at radius 1 is 1.14 bits per heavy atom. The molecule has 1 aromatic rings. The van der Waals surface area contributed by atoms with Gasteiger partial charge in [-0.1, -0.05) is 39.0 Å². The van der Waals surface area contributed by atoms with E-state index < -0.39 is 6.10 Å². The van der Waals surface area contributed by atoms with Crippen molar-refractivity contribution in [3.05, 3.63) is 29.8 Å². The van der Waals surface area contributed by atoms with Crippen molar-refractivity contribution >= 4 is 5.91 Å². The number of hydrogen-bond donors (Lipinski definition) is 1. The van der Waals surface area contributed by atoms with E-state index in [9.17, 15) is 9.90 Å². The second-order valence-electron chi connectivity index (χ2n) is 8.78. The Hall–Kier alpha value is -1.63. The van der Waals surface area contributed by atoms with Crippen molar-refractivity contribution in [1.29, 1.82) is 0 Å². The fourth-order valence-corrected chi connectivity index (χ4v) is 4.10. The largest absolute Gasteiger partial charge is 0.483 e. The molecule has 2 fully saturated rings. The molecule has 0 spiro atoms. The molecule has 28 heavy (non-hydrogen) atoms. The van der Waals surface area contributed by atoms with Crippen LogP contribution in [-0.4, -0.2) is 79.0 Å².